The Labute approximate surface area is 112 Å². The molecule has 5 nitrogen and oxygen atoms in total. The molecular weight excluding hydrogens is 238 g/mol. The van der Waals surface area contributed by atoms with Crippen LogP contribution in [0.25, 0.3) is 11.3 Å². The molecule has 0 amide bonds. The van der Waals surface area contributed by atoms with Crippen molar-refractivity contribution in [2.24, 2.45) is 13.0 Å². The Morgan fingerprint density at radius 1 is 1.21 bits per heavy atom. The Balaban J connectivity index is 1.66. The Bertz CT molecular complexity index is 605. The molecule has 2 fully saturated rings. The van der Waals surface area contributed by atoms with Gasteiger partial charge in [0.2, 0.25) is 0 Å². The molecule has 4 heterocycles. The van der Waals surface area contributed by atoms with E-state index in [1.807, 2.05) is 36.5 Å². The van der Waals surface area contributed by atoms with Gasteiger partial charge in [0.15, 0.2) is 0 Å². The van der Waals surface area contributed by atoms with Crippen LogP contribution in [-0.4, -0.2) is 40.2 Å². The minimum Gasteiger partial charge on any atom is -0.365 e. The first-order chi connectivity index (χ1) is 9.33. The van der Waals surface area contributed by atoms with Crippen LogP contribution in [0, 0.1) is 5.92 Å². The van der Waals surface area contributed by atoms with E-state index in [2.05, 4.69) is 26.3 Å². The molecule has 0 aromatic carbocycles. The van der Waals surface area contributed by atoms with Crippen molar-refractivity contribution < 1.29 is 0 Å². The highest BCUT2D eigenvalue weighted by atomic mass is 15.3. The average molecular weight is 255 g/mol. The molecule has 0 radical (unpaired) electrons. The molecule has 2 saturated heterocycles. The lowest BCUT2D eigenvalue weighted by atomic mass is 9.91. The average Bonchev–Trinajstić information content (AvgIpc) is 2.97. The minimum atomic E-state index is 0.656. The van der Waals surface area contributed by atoms with Crippen molar-refractivity contribution >= 4 is 5.69 Å². The highest BCUT2D eigenvalue weighted by molar-refractivity contribution is 5.65. The molecule has 19 heavy (non-hydrogen) atoms. The van der Waals surface area contributed by atoms with Crippen molar-refractivity contribution in [1.82, 2.24) is 19.9 Å². The highest BCUT2D eigenvalue weighted by Crippen LogP contribution is 2.34. The van der Waals surface area contributed by atoms with E-state index in [1.165, 1.54) is 5.69 Å². The summed E-state index contributed by atoms with van der Waals surface area (Å²) in [5.74, 6) is 0.820. The molecular formula is C14H17N5. The third-order valence-corrected chi connectivity index (χ3v) is 4.30. The van der Waals surface area contributed by atoms with Gasteiger partial charge in [0, 0.05) is 50.4 Å². The number of fused-ring (bicyclic) bond motifs is 1. The first-order valence-corrected chi connectivity index (χ1v) is 6.72. The number of rotatable bonds is 2. The van der Waals surface area contributed by atoms with Crippen LogP contribution in [0.15, 0.2) is 31.0 Å². The van der Waals surface area contributed by atoms with E-state index in [1.54, 1.807) is 0 Å². The lowest BCUT2D eigenvalue weighted by molar-refractivity contribution is 0.365. The lowest BCUT2D eigenvalue weighted by Crippen LogP contribution is -2.55. The maximum atomic E-state index is 4.40. The first kappa shape index (κ1) is 11.0. The molecule has 2 aliphatic heterocycles. The van der Waals surface area contributed by atoms with Crippen LogP contribution in [0.1, 0.15) is 0 Å². The Morgan fingerprint density at radius 2 is 2.16 bits per heavy atom. The van der Waals surface area contributed by atoms with Gasteiger partial charge in [-0.3, -0.25) is 4.98 Å². The van der Waals surface area contributed by atoms with Gasteiger partial charge in [-0.1, -0.05) is 0 Å². The molecule has 0 saturated carbocycles. The van der Waals surface area contributed by atoms with E-state index in [9.17, 15) is 0 Å². The van der Waals surface area contributed by atoms with Gasteiger partial charge in [-0.15, -0.1) is 0 Å². The van der Waals surface area contributed by atoms with Gasteiger partial charge in [0.25, 0.3) is 0 Å². The summed E-state index contributed by atoms with van der Waals surface area (Å²) in [6, 6.07) is 2.88. The quantitative estimate of drug-likeness (QED) is 0.865. The summed E-state index contributed by atoms with van der Waals surface area (Å²) < 4.78 is 2.02. The number of nitrogens with zero attached hydrogens (tertiary/aromatic N) is 4. The molecule has 2 aliphatic rings. The van der Waals surface area contributed by atoms with E-state index in [0.29, 0.717) is 6.04 Å². The van der Waals surface area contributed by atoms with Gasteiger partial charge in [0.1, 0.15) is 0 Å². The zero-order valence-electron chi connectivity index (χ0n) is 11.0. The summed E-state index contributed by atoms with van der Waals surface area (Å²) in [5.41, 5.74) is 3.46. The molecule has 0 aliphatic carbocycles. The van der Waals surface area contributed by atoms with Crippen molar-refractivity contribution in [3.05, 3.63) is 31.0 Å². The Kier molecular flexibility index (Phi) is 2.35. The predicted octanol–water partition coefficient (Wildman–Crippen LogP) is 0.890. The van der Waals surface area contributed by atoms with Crippen molar-refractivity contribution in [2.45, 2.75) is 6.04 Å². The van der Waals surface area contributed by atoms with Crippen LogP contribution in [-0.2, 0) is 7.05 Å². The topological polar surface area (TPSA) is 46.0 Å². The number of nitrogens with one attached hydrogen (secondary N) is 1. The fraction of sp³-hybridized carbons (Fsp3) is 0.429. The van der Waals surface area contributed by atoms with E-state index >= 15 is 0 Å². The number of aryl methyl sites for hydroxylation is 1. The molecule has 98 valence electrons. The third-order valence-electron chi connectivity index (χ3n) is 4.30. The smallest absolute Gasteiger partial charge is 0.0948 e. The molecule has 2 aromatic heterocycles. The van der Waals surface area contributed by atoms with Crippen LogP contribution in [0.3, 0.4) is 0 Å². The molecule has 2 atom stereocenters. The van der Waals surface area contributed by atoms with E-state index < -0.39 is 0 Å². The molecule has 4 rings (SSSR count). The standard InChI is InChI=1S/C14H17N5/c1-18-9-17-6-13(18)10-2-12(5-15-3-10)19-8-11-4-16-7-14(11)19/h2-3,5-6,9,11,14,16H,4,7-8H2,1H3/t11-,14-/m1/s1. The number of imidazole rings is 1. The number of anilines is 1. The SMILES string of the molecule is Cn1cncc1-c1cncc(N2C[C@H]3CNC[C@H]32)c1. The Hall–Kier alpha value is -1.88. The van der Waals surface area contributed by atoms with E-state index in [4.69, 9.17) is 0 Å². The second kappa shape index (κ2) is 4.06. The lowest BCUT2D eigenvalue weighted by Gasteiger charge is -2.45. The third kappa shape index (κ3) is 1.65. The molecule has 1 N–H and O–H groups in total. The summed E-state index contributed by atoms with van der Waals surface area (Å²) in [5, 5.41) is 3.46. The molecule has 2 aromatic rings. The zero-order valence-corrected chi connectivity index (χ0v) is 11.0. The first-order valence-electron chi connectivity index (χ1n) is 6.72. The van der Waals surface area contributed by atoms with Crippen LogP contribution in [0.4, 0.5) is 5.69 Å². The van der Waals surface area contributed by atoms with E-state index in [0.717, 1.165) is 36.8 Å². The zero-order chi connectivity index (χ0) is 12.8. The fourth-order valence-corrected chi connectivity index (χ4v) is 3.18. The summed E-state index contributed by atoms with van der Waals surface area (Å²) >= 11 is 0. The van der Waals surface area contributed by atoms with Crippen molar-refractivity contribution in [3.8, 4) is 11.3 Å². The molecule has 5 heteroatoms. The molecule has 0 unspecified atom stereocenters. The minimum absolute atomic E-state index is 0.656. The van der Waals surface area contributed by atoms with Gasteiger partial charge in [-0.2, -0.15) is 0 Å². The maximum absolute atomic E-state index is 4.40. The van der Waals surface area contributed by atoms with Gasteiger partial charge in [0.05, 0.1) is 30.1 Å². The second-order valence-corrected chi connectivity index (χ2v) is 5.46. The maximum Gasteiger partial charge on any atom is 0.0948 e. The van der Waals surface area contributed by atoms with Crippen molar-refractivity contribution in [2.75, 3.05) is 24.5 Å². The van der Waals surface area contributed by atoms with Crippen LogP contribution < -0.4 is 10.2 Å². The van der Waals surface area contributed by atoms with Gasteiger partial charge in [-0.05, 0) is 6.07 Å². The van der Waals surface area contributed by atoms with Gasteiger partial charge in [-0.25, -0.2) is 4.98 Å². The summed E-state index contributed by atoms with van der Waals surface area (Å²) in [4.78, 5) is 11.0. The number of aromatic nitrogens is 3. The Morgan fingerprint density at radius 3 is 2.95 bits per heavy atom. The van der Waals surface area contributed by atoms with E-state index in [-0.39, 0.29) is 0 Å². The van der Waals surface area contributed by atoms with Crippen molar-refractivity contribution in [1.29, 1.82) is 0 Å². The molecule has 0 bridgehead atoms. The summed E-state index contributed by atoms with van der Waals surface area (Å²) in [7, 11) is 2.01. The van der Waals surface area contributed by atoms with Crippen molar-refractivity contribution in [3.63, 3.8) is 0 Å². The summed E-state index contributed by atoms with van der Waals surface area (Å²) in [6.07, 6.45) is 7.58. The second-order valence-electron chi connectivity index (χ2n) is 5.46. The molecule has 0 spiro atoms. The largest absolute Gasteiger partial charge is 0.365 e. The van der Waals surface area contributed by atoms with Crippen LogP contribution in [0.5, 0.6) is 0 Å². The predicted molar refractivity (Wildman–Crippen MR) is 73.9 cm³/mol. The number of pyridine rings is 1. The van der Waals surface area contributed by atoms with Crippen LogP contribution in [0.2, 0.25) is 0 Å². The normalized spacial score (nSPS) is 25.2. The van der Waals surface area contributed by atoms with Crippen LogP contribution >= 0.6 is 0 Å². The number of hydrogen-bond acceptors (Lipinski definition) is 4. The fourth-order valence-electron chi connectivity index (χ4n) is 3.18. The number of hydrogen-bond donors (Lipinski definition) is 1. The highest BCUT2D eigenvalue weighted by Gasteiger charge is 2.42. The van der Waals surface area contributed by atoms with Gasteiger partial charge < -0.3 is 14.8 Å². The monoisotopic (exact) mass is 255 g/mol. The van der Waals surface area contributed by atoms with Gasteiger partial charge >= 0.3 is 0 Å². The summed E-state index contributed by atoms with van der Waals surface area (Å²) in [6.45, 7) is 3.41.